The number of halogens is 1. The Labute approximate surface area is 153 Å². The van der Waals surface area contributed by atoms with Crippen molar-refractivity contribution in [2.24, 2.45) is 0 Å². The van der Waals surface area contributed by atoms with Crippen LogP contribution in [0.5, 0.6) is 5.75 Å². The average Bonchev–Trinajstić information content (AvgIpc) is 2.58. The van der Waals surface area contributed by atoms with Crippen molar-refractivity contribution in [1.82, 2.24) is 5.32 Å². The van der Waals surface area contributed by atoms with Gasteiger partial charge in [0, 0.05) is 6.54 Å². The second-order valence-electron chi connectivity index (χ2n) is 6.16. The molecule has 0 atom stereocenters. The Balaban J connectivity index is 0.00000288. The van der Waals surface area contributed by atoms with Crippen LogP contribution in [0, 0.1) is 6.92 Å². The molecule has 0 aromatic heterocycles. The van der Waals surface area contributed by atoms with E-state index in [1.54, 1.807) is 0 Å². The van der Waals surface area contributed by atoms with Crippen LogP contribution in [0.2, 0.25) is 0 Å². The second kappa shape index (κ2) is 11.9. The van der Waals surface area contributed by atoms with E-state index in [-0.39, 0.29) is 12.4 Å². The van der Waals surface area contributed by atoms with Gasteiger partial charge in [-0.15, -0.1) is 12.4 Å². The number of aryl methyl sites for hydroxylation is 1. The predicted molar refractivity (Wildman–Crippen MR) is 105 cm³/mol. The highest BCUT2D eigenvalue weighted by molar-refractivity contribution is 5.85. The minimum atomic E-state index is 0. The lowest BCUT2D eigenvalue weighted by atomic mass is 10.1. The topological polar surface area (TPSA) is 21.3 Å². The van der Waals surface area contributed by atoms with Crippen LogP contribution in [0.25, 0.3) is 0 Å². The predicted octanol–water partition coefficient (Wildman–Crippen LogP) is 5.67. The summed E-state index contributed by atoms with van der Waals surface area (Å²) in [5.41, 5.74) is 3.79. The molecule has 0 bridgehead atoms. The average molecular weight is 348 g/mol. The number of benzene rings is 2. The molecule has 1 N–H and O–H groups in total. The van der Waals surface area contributed by atoms with Gasteiger partial charge in [0.25, 0.3) is 0 Å². The summed E-state index contributed by atoms with van der Waals surface area (Å²) < 4.78 is 5.84. The Bertz CT molecular complexity index is 551. The summed E-state index contributed by atoms with van der Waals surface area (Å²) in [5, 5.41) is 3.50. The molecule has 24 heavy (non-hydrogen) atoms. The van der Waals surface area contributed by atoms with E-state index < -0.39 is 0 Å². The molecule has 0 amide bonds. The molecule has 0 heterocycles. The fourth-order valence-electron chi connectivity index (χ4n) is 2.46. The van der Waals surface area contributed by atoms with Crippen LogP contribution in [0.4, 0.5) is 0 Å². The summed E-state index contributed by atoms with van der Waals surface area (Å²) >= 11 is 0. The minimum Gasteiger partial charge on any atom is -0.489 e. The molecule has 2 aromatic rings. The number of unbranched alkanes of at least 4 members (excludes halogenated alkanes) is 3. The van der Waals surface area contributed by atoms with Gasteiger partial charge in [-0.3, -0.25) is 0 Å². The summed E-state index contributed by atoms with van der Waals surface area (Å²) in [7, 11) is 0. The van der Waals surface area contributed by atoms with Crippen molar-refractivity contribution in [2.45, 2.75) is 52.7 Å². The molecule has 0 aliphatic heterocycles. The van der Waals surface area contributed by atoms with Crippen LogP contribution < -0.4 is 10.1 Å². The quantitative estimate of drug-likeness (QED) is 0.559. The van der Waals surface area contributed by atoms with Gasteiger partial charge in [-0.25, -0.2) is 0 Å². The van der Waals surface area contributed by atoms with Crippen LogP contribution in [0.3, 0.4) is 0 Å². The lowest BCUT2D eigenvalue weighted by molar-refractivity contribution is 0.306. The fraction of sp³-hybridized carbons (Fsp3) is 0.429. The summed E-state index contributed by atoms with van der Waals surface area (Å²) in [5.74, 6) is 0.928. The molecule has 2 aromatic carbocycles. The van der Waals surface area contributed by atoms with Crippen LogP contribution in [-0.2, 0) is 13.2 Å². The van der Waals surface area contributed by atoms with Gasteiger partial charge >= 0.3 is 0 Å². The highest BCUT2D eigenvalue weighted by atomic mass is 35.5. The lowest BCUT2D eigenvalue weighted by Crippen LogP contribution is -2.14. The monoisotopic (exact) mass is 347 g/mol. The summed E-state index contributed by atoms with van der Waals surface area (Å²) in [4.78, 5) is 0. The fourth-order valence-corrected chi connectivity index (χ4v) is 2.46. The van der Waals surface area contributed by atoms with Crippen molar-refractivity contribution in [3.63, 3.8) is 0 Å². The zero-order chi connectivity index (χ0) is 16.3. The van der Waals surface area contributed by atoms with E-state index in [2.05, 4.69) is 67.7 Å². The third kappa shape index (κ3) is 7.85. The number of nitrogens with one attached hydrogen (secondary N) is 1. The molecule has 0 aliphatic rings. The Morgan fingerprint density at radius 2 is 1.50 bits per heavy atom. The van der Waals surface area contributed by atoms with Gasteiger partial charge in [0.2, 0.25) is 0 Å². The molecule has 3 heteroatoms. The van der Waals surface area contributed by atoms with E-state index >= 15 is 0 Å². The van der Waals surface area contributed by atoms with Crippen molar-refractivity contribution in [2.75, 3.05) is 6.54 Å². The molecule has 0 radical (unpaired) electrons. The molecular formula is C21H30ClNO. The third-order valence-corrected chi connectivity index (χ3v) is 3.99. The molecular weight excluding hydrogens is 318 g/mol. The highest BCUT2D eigenvalue weighted by Gasteiger charge is 1.98. The molecule has 0 saturated heterocycles. The first-order valence-corrected chi connectivity index (χ1v) is 8.76. The van der Waals surface area contributed by atoms with Crippen molar-refractivity contribution in [1.29, 1.82) is 0 Å². The molecule has 2 nitrogen and oxygen atoms in total. The van der Waals surface area contributed by atoms with E-state index in [0.29, 0.717) is 6.61 Å². The number of ether oxygens (including phenoxy) is 1. The normalized spacial score (nSPS) is 10.2. The van der Waals surface area contributed by atoms with Gasteiger partial charge in [0.15, 0.2) is 0 Å². The van der Waals surface area contributed by atoms with Crippen molar-refractivity contribution in [3.05, 3.63) is 65.2 Å². The largest absolute Gasteiger partial charge is 0.489 e. The van der Waals surface area contributed by atoms with Crippen LogP contribution >= 0.6 is 12.4 Å². The van der Waals surface area contributed by atoms with E-state index in [4.69, 9.17) is 4.74 Å². The van der Waals surface area contributed by atoms with Crippen LogP contribution in [0.1, 0.15) is 49.3 Å². The zero-order valence-corrected chi connectivity index (χ0v) is 15.7. The first-order chi connectivity index (χ1) is 11.3. The number of rotatable bonds is 10. The SMILES string of the molecule is CCCCCCNCc1ccc(OCc2ccc(C)cc2)cc1.Cl. The molecule has 0 unspecified atom stereocenters. The van der Waals surface area contributed by atoms with Crippen molar-refractivity contribution in [3.8, 4) is 5.75 Å². The van der Waals surface area contributed by atoms with E-state index in [1.165, 1.54) is 42.4 Å². The summed E-state index contributed by atoms with van der Waals surface area (Å²) in [6.45, 7) is 7.00. The smallest absolute Gasteiger partial charge is 0.119 e. The Hall–Kier alpha value is -1.51. The first-order valence-electron chi connectivity index (χ1n) is 8.76. The second-order valence-corrected chi connectivity index (χ2v) is 6.16. The Morgan fingerprint density at radius 3 is 2.17 bits per heavy atom. The molecule has 132 valence electrons. The van der Waals surface area contributed by atoms with Crippen molar-refractivity contribution < 1.29 is 4.74 Å². The van der Waals surface area contributed by atoms with E-state index in [9.17, 15) is 0 Å². The molecule has 2 rings (SSSR count). The van der Waals surface area contributed by atoms with Gasteiger partial charge in [-0.2, -0.15) is 0 Å². The maximum Gasteiger partial charge on any atom is 0.119 e. The Kier molecular flexibility index (Phi) is 10.2. The van der Waals surface area contributed by atoms with Crippen LogP contribution in [-0.4, -0.2) is 6.54 Å². The standard InChI is InChI=1S/C21H29NO.ClH/c1-3-4-5-6-15-22-16-19-11-13-21(14-12-19)23-17-20-9-7-18(2)8-10-20;/h7-14,22H,3-6,15-17H2,1-2H3;1H. The van der Waals surface area contributed by atoms with Gasteiger partial charge in [-0.1, -0.05) is 68.1 Å². The molecule has 0 fully saturated rings. The van der Waals surface area contributed by atoms with Gasteiger partial charge in [0.1, 0.15) is 12.4 Å². The molecule has 0 spiro atoms. The van der Waals surface area contributed by atoms with Crippen LogP contribution in [0.15, 0.2) is 48.5 Å². The lowest BCUT2D eigenvalue weighted by Gasteiger charge is -2.08. The maximum absolute atomic E-state index is 5.84. The first kappa shape index (κ1) is 20.5. The molecule has 0 saturated carbocycles. The molecule has 0 aliphatic carbocycles. The highest BCUT2D eigenvalue weighted by Crippen LogP contribution is 2.14. The summed E-state index contributed by atoms with van der Waals surface area (Å²) in [6, 6.07) is 16.9. The number of hydrogen-bond donors (Lipinski definition) is 1. The maximum atomic E-state index is 5.84. The zero-order valence-electron chi connectivity index (χ0n) is 14.9. The van der Waals surface area contributed by atoms with E-state index in [0.717, 1.165) is 18.8 Å². The number of hydrogen-bond acceptors (Lipinski definition) is 2. The van der Waals surface area contributed by atoms with Gasteiger partial charge in [-0.05, 0) is 43.1 Å². The Morgan fingerprint density at radius 1 is 0.833 bits per heavy atom. The summed E-state index contributed by atoms with van der Waals surface area (Å²) in [6.07, 6.45) is 5.24. The van der Waals surface area contributed by atoms with E-state index in [1.807, 2.05) is 0 Å². The van der Waals surface area contributed by atoms with Crippen molar-refractivity contribution >= 4 is 12.4 Å². The van der Waals surface area contributed by atoms with Gasteiger partial charge < -0.3 is 10.1 Å². The van der Waals surface area contributed by atoms with Gasteiger partial charge in [0.05, 0.1) is 0 Å². The minimum absolute atomic E-state index is 0. The third-order valence-electron chi connectivity index (χ3n) is 3.99.